The quantitative estimate of drug-likeness (QED) is 0.641. The highest BCUT2D eigenvalue weighted by atomic mass is 79.9. The monoisotopic (exact) mass is 450 g/mol. The summed E-state index contributed by atoms with van der Waals surface area (Å²) in [6.07, 6.45) is -4.32. The highest BCUT2D eigenvalue weighted by molar-refractivity contribution is 9.10. The fourth-order valence-electron chi connectivity index (χ4n) is 2.90. The minimum atomic E-state index is -4.32. The molecule has 3 rings (SSSR count). The first-order chi connectivity index (χ1) is 13.3. The number of hydrogen-bond donors (Lipinski definition) is 0. The largest absolute Gasteiger partial charge is 0.416 e. The highest BCUT2D eigenvalue weighted by Crippen LogP contribution is 2.29. The van der Waals surface area contributed by atoms with Gasteiger partial charge in [-0.05, 0) is 42.0 Å². The molecule has 0 bridgehead atoms. The van der Waals surface area contributed by atoms with Crippen LogP contribution in [0.2, 0.25) is 0 Å². The lowest BCUT2D eigenvalue weighted by atomic mass is 10.1. The van der Waals surface area contributed by atoms with Crippen molar-refractivity contribution in [3.63, 3.8) is 0 Å². The zero-order valence-corrected chi connectivity index (χ0v) is 16.6. The second kappa shape index (κ2) is 8.80. The van der Waals surface area contributed by atoms with Gasteiger partial charge in [0.05, 0.1) is 5.56 Å². The first-order valence-corrected chi connectivity index (χ1v) is 9.55. The number of carbonyl (C=O) groups is 1. The number of nitrogens with zero attached hydrogens (tertiary/aromatic N) is 2. The third-order valence-corrected chi connectivity index (χ3v) is 5.03. The SMILES string of the molecule is O=C(C#Cc1ccc(Br)cc1)N1CCN(Cc2ccc(C(F)(F)F)cc2)CC1. The van der Waals surface area contributed by atoms with Gasteiger partial charge in [-0.1, -0.05) is 34.0 Å². The molecule has 1 aliphatic rings. The molecule has 7 heteroatoms. The van der Waals surface area contributed by atoms with E-state index in [9.17, 15) is 18.0 Å². The van der Waals surface area contributed by atoms with E-state index in [-0.39, 0.29) is 5.91 Å². The Kier molecular flexibility index (Phi) is 6.42. The van der Waals surface area contributed by atoms with Crippen LogP contribution in [0.3, 0.4) is 0 Å². The Balaban J connectivity index is 1.50. The zero-order chi connectivity index (χ0) is 20.1. The van der Waals surface area contributed by atoms with Gasteiger partial charge in [0, 0.05) is 48.7 Å². The average Bonchev–Trinajstić information content (AvgIpc) is 2.67. The fraction of sp³-hybridized carbons (Fsp3) is 0.286. The van der Waals surface area contributed by atoms with Crippen molar-refractivity contribution >= 4 is 21.8 Å². The normalized spacial score (nSPS) is 15.1. The predicted molar refractivity (Wildman–Crippen MR) is 104 cm³/mol. The lowest BCUT2D eigenvalue weighted by Crippen LogP contribution is -2.47. The van der Waals surface area contributed by atoms with E-state index in [2.05, 4.69) is 32.7 Å². The summed E-state index contributed by atoms with van der Waals surface area (Å²) < 4.78 is 38.8. The molecule has 146 valence electrons. The van der Waals surface area contributed by atoms with Crippen molar-refractivity contribution in [1.29, 1.82) is 0 Å². The predicted octanol–water partition coefficient (Wildman–Crippen LogP) is 4.16. The van der Waals surface area contributed by atoms with E-state index >= 15 is 0 Å². The van der Waals surface area contributed by atoms with Crippen molar-refractivity contribution in [3.8, 4) is 11.8 Å². The van der Waals surface area contributed by atoms with Gasteiger partial charge in [0.15, 0.2) is 0 Å². The van der Waals surface area contributed by atoms with Gasteiger partial charge in [-0.15, -0.1) is 0 Å². The molecule has 2 aromatic carbocycles. The second-order valence-corrected chi connectivity index (χ2v) is 7.44. The van der Waals surface area contributed by atoms with Crippen LogP contribution in [-0.4, -0.2) is 41.9 Å². The van der Waals surface area contributed by atoms with Gasteiger partial charge in [0.2, 0.25) is 0 Å². The number of piperazine rings is 1. The maximum Gasteiger partial charge on any atom is 0.416 e. The van der Waals surface area contributed by atoms with Crippen LogP contribution in [0.25, 0.3) is 0 Å². The molecule has 0 N–H and O–H groups in total. The number of alkyl halides is 3. The van der Waals surface area contributed by atoms with E-state index in [1.165, 1.54) is 12.1 Å². The molecule has 1 fully saturated rings. The van der Waals surface area contributed by atoms with Gasteiger partial charge in [-0.3, -0.25) is 9.69 Å². The van der Waals surface area contributed by atoms with Crippen LogP contribution in [-0.2, 0) is 17.5 Å². The van der Waals surface area contributed by atoms with E-state index in [1.807, 2.05) is 24.3 Å². The molecule has 1 amide bonds. The molecule has 1 heterocycles. The summed E-state index contributed by atoms with van der Waals surface area (Å²) >= 11 is 3.35. The number of hydrogen-bond acceptors (Lipinski definition) is 2. The van der Waals surface area contributed by atoms with Gasteiger partial charge in [-0.25, -0.2) is 0 Å². The summed E-state index contributed by atoms with van der Waals surface area (Å²) in [4.78, 5) is 16.1. The van der Waals surface area contributed by atoms with Crippen molar-refractivity contribution < 1.29 is 18.0 Å². The average molecular weight is 451 g/mol. The molecule has 0 unspecified atom stereocenters. The summed E-state index contributed by atoms with van der Waals surface area (Å²) in [6.45, 7) is 2.98. The summed E-state index contributed by atoms with van der Waals surface area (Å²) in [5.74, 6) is 5.33. The third kappa shape index (κ3) is 5.60. The van der Waals surface area contributed by atoms with Gasteiger partial charge in [0.1, 0.15) is 0 Å². The van der Waals surface area contributed by atoms with Crippen molar-refractivity contribution in [2.45, 2.75) is 12.7 Å². The van der Waals surface area contributed by atoms with E-state index in [1.54, 1.807) is 4.90 Å². The standard InChI is InChI=1S/C21H18BrF3N2O/c22-19-8-3-16(4-9-19)5-10-20(28)27-13-11-26(12-14-27)15-17-1-6-18(7-2-17)21(23,24)25/h1-4,6-9H,11-15H2. The van der Waals surface area contributed by atoms with Crippen LogP contribution in [0, 0.1) is 11.8 Å². The lowest BCUT2D eigenvalue weighted by molar-refractivity contribution is -0.137. The molecule has 1 saturated heterocycles. The maximum absolute atomic E-state index is 12.6. The number of benzene rings is 2. The Morgan fingerprint density at radius 1 is 0.964 bits per heavy atom. The minimum Gasteiger partial charge on any atom is -0.329 e. The van der Waals surface area contributed by atoms with Gasteiger partial charge in [0.25, 0.3) is 5.91 Å². The Morgan fingerprint density at radius 2 is 1.57 bits per heavy atom. The Hall–Kier alpha value is -2.30. The fourth-order valence-corrected chi connectivity index (χ4v) is 3.17. The molecule has 0 spiro atoms. The maximum atomic E-state index is 12.6. The highest BCUT2D eigenvalue weighted by Gasteiger charge is 2.30. The molecule has 0 atom stereocenters. The first kappa shape index (κ1) is 20.4. The Morgan fingerprint density at radius 3 is 2.14 bits per heavy atom. The molecule has 28 heavy (non-hydrogen) atoms. The molecule has 0 aliphatic carbocycles. The summed E-state index contributed by atoms with van der Waals surface area (Å²) in [5, 5.41) is 0. The van der Waals surface area contributed by atoms with Crippen molar-refractivity contribution in [1.82, 2.24) is 9.80 Å². The summed E-state index contributed by atoms with van der Waals surface area (Å²) in [6, 6.07) is 12.6. The lowest BCUT2D eigenvalue weighted by Gasteiger charge is -2.33. The topological polar surface area (TPSA) is 23.6 Å². The second-order valence-electron chi connectivity index (χ2n) is 6.52. The molecule has 1 aliphatic heterocycles. The number of amides is 1. The molecule has 0 radical (unpaired) electrons. The van der Waals surface area contributed by atoms with Crippen molar-refractivity contribution in [2.75, 3.05) is 26.2 Å². The smallest absolute Gasteiger partial charge is 0.329 e. The summed E-state index contributed by atoms with van der Waals surface area (Å²) in [5.41, 5.74) is 0.955. The van der Waals surface area contributed by atoms with Gasteiger partial charge < -0.3 is 4.90 Å². The van der Waals surface area contributed by atoms with Crippen LogP contribution in [0.5, 0.6) is 0 Å². The first-order valence-electron chi connectivity index (χ1n) is 8.76. The Bertz CT molecular complexity index is 875. The molecular weight excluding hydrogens is 433 g/mol. The minimum absolute atomic E-state index is 0.211. The molecule has 2 aromatic rings. The van der Waals surface area contributed by atoms with E-state index in [0.717, 1.165) is 27.7 Å². The number of carbonyl (C=O) groups excluding carboxylic acids is 1. The van der Waals surface area contributed by atoms with E-state index in [0.29, 0.717) is 32.7 Å². The van der Waals surface area contributed by atoms with Crippen LogP contribution in [0.4, 0.5) is 13.2 Å². The van der Waals surface area contributed by atoms with Crippen LogP contribution in [0.15, 0.2) is 53.0 Å². The molecule has 3 nitrogen and oxygen atoms in total. The van der Waals surface area contributed by atoms with Crippen LogP contribution < -0.4 is 0 Å². The van der Waals surface area contributed by atoms with E-state index < -0.39 is 11.7 Å². The molecular formula is C21H18BrF3N2O. The van der Waals surface area contributed by atoms with Gasteiger partial charge >= 0.3 is 6.18 Å². The zero-order valence-electron chi connectivity index (χ0n) is 15.0. The van der Waals surface area contributed by atoms with Gasteiger partial charge in [-0.2, -0.15) is 13.2 Å². The Labute approximate surface area is 170 Å². The van der Waals surface area contributed by atoms with E-state index in [4.69, 9.17) is 0 Å². The van der Waals surface area contributed by atoms with Crippen molar-refractivity contribution in [3.05, 3.63) is 69.7 Å². The van der Waals surface area contributed by atoms with Crippen molar-refractivity contribution in [2.24, 2.45) is 0 Å². The summed E-state index contributed by atoms with van der Waals surface area (Å²) in [7, 11) is 0. The van der Waals surface area contributed by atoms with Crippen LogP contribution >= 0.6 is 15.9 Å². The number of rotatable bonds is 2. The molecule has 0 aromatic heterocycles. The molecule has 0 saturated carbocycles. The third-order valence-electron chi connectivity index (χ3n) is 4.50. The number of halogens is 4. The van der Waals surface area contributed by atoms with Crippen LogP contribution in [0.1, 0.15) is 16.7 Å².